The molecule has 1 fully saturated rings. The first-order valence-electron chi connectivity index (χ1n) is 14.9. The molecule has 1 aromatic heterocycles. The predicted octanol–water partition coefficient (Wildman–Crippen LogP) is 9.29. The maximum absolute atomic E-state index is 12.7. The van der Waals surface area contributed by atoms with E-state index in [-0.39, 0.29) is 11.9 Å². The average molecular weight is 505 g/mol. The molecule has 0 radical (unpaired) electrons. The largest absolute Gasteiger partial charge is 0.426 e. The van der Waals surface area contributed by atoms with Crippen molar-refractivity contribution in [1.29, 1.82) is 0 Å². The number of aromatic nitrogens is 2. The molecule has 0 bridgehead atoms. The summed E-state index contributed by atoms with van der Waals surface area (Å²) in [5.41, 5.74) is 2.14. The third-order valence-electron chi connectivity index (χ3n) is 7.81. The van der Waals surface area contributed by atoms with Gasteiger partial charge in [-0.05, 0) is 87.1 Å². The van der Waals surface area contributed by atoms with Gasteiger partial charge in [0.15, 0.2) is 5.82 Å². The zero-order chi connectivity index (χ0) is 26.1. The molecule has 0 N–H and O–H groups in total. The SMILES string of the molecule is C=CCCCCCC1CCC(C(=O)Oc2ccc(-c3ncc(CCCCCCCCC)cn3)cc2)CC1. The van der Waals surface area contributed by atoms with Gasteiger partial charge >= 0.3 is 5.97 Å². The number of hydrogen-bond acceptors (Lipinski definition) is 4. The highest BCUT2D eigenvalue weighted by Crippen LogP contribution is 2.33. The molecule has 0 amide bonds. The summed E-state index contributed by atoms with van der Waals surface area (Å²) in [5, 5.41) is 0. The van der Waals surface area contributed by atoms with E-state index in [1.165, 1.54) is 76.2 Å². The molecule has 0 unspecified atom stereocenters. The van der Waals surface area contributed by atoms with Gasteiger partial charge in [0.2, 0.25) is 0 Å². The second kappa shape index (κ2) is 17.1. The van der Waals surface area contributed by atoms with Crippen LogP contribution in [0.1, 0.15) is 115 Å². The zero-order valence-electron chi connectivity index (χ0n) is 23.1. The quantitative estimate of drug-likeness (QED) is 0.0932. The summed E-state index contributed by atoms with van der Waals surface area (Å²) in [7, 11) is 0. The number of allylic oxidation sites excluding steroid dienone is 1. The van der Waals surface area contributed by atoms with Gasteiger partial charge in [0.05, 0.1) is 5.92 Å². The van der Waals surface area contributed by atoms with Gasteiger partial charge < -0.3 is 4.74 Å². The minimum absolute atomic E-state index is 0.0314. The predicted molar refractivity (Wildman–Crippen MR) is 154 cm³/mol. The summed E-state index contributed by atoms with van der Waals surface area (Å²) in [6.45, 7) is 6.05. The van der Waals surface area contributed by atoms with Crippen molar-refractivity contribution in [3.05, 3.63) is 54.9 Å². The number of esters is 1. The van der Waals surface area contributed by atoms with Gasteiger partial charge in [0.25, 0.3) is 0 Å². The van der Waals surface area contributed by atoms with Crippen LogP contribution in [-0.2, 0) is 11.2 Å². The molecule has 3 rings (SSSR count). The highest BCUT2D eigenvalue weighted by molar-refractivity contribution is 5.75. The van der Waals surface area contributed by atoms with E-state index in [9.17, 15) is 4.79 Å². The number of carbonyl (C=O) groups is 1. The van der Waals surface area contributed by atoms with Crippen LogP contribution in [-0.4, -0.2) is 15.9 Å². The number of rotatable bonds is 17. The summed E-state index contributed by atoms with van der Waals surface area (Å²) >= 11 is 0. The molecule has 4 nitrogen and oxygen atoms in total. The number of ether oxygens (including phenoxy) is 1. The molecule has 1 aromatic carbocycles. The van der Waals surface area contributed by atoms with Crippen LogP contribution in [0.15, 0.2) is 49.3 Å². The van der Waals surface area contributed by atoms with E-state index in [0.29, 0.717) is 11.6 Å². The summed E-state index contributed by atoms with van der Waals surface area (Å²) in [6, 6.07) is 7.60. The van der Waals surface area contributed by atoms with Crippen molar-refractivity contribution in [3.8, 4) is 17.1 Å². The van der Waals surface area contributed by atoms with Crippen LogP contribution in [0.5, 0.6) is 5.75 Å². The van der Waals surface area contributed by atoms with Crippen molar-refractivity contribution < 1.29 is 9.53 Å². The first-order chi connectivity index (χ1) is 18.2. The van der Waals surface area contributed by atoms with E-state index in [1.54, 1.807) is 0 Å². The first-order valence-corrected chi connectivity index (χ1v) is 14.9. The maximum Gasteiger partial charge on any atom is 0.314 e. The lowest BCUT2D eigenvalue weighted by Gasteiger charge is -2.27. The third kappa shape index (κ3) is 10.8. The summed E-state index contributed by atoms with van der Waals surface area (Å²) in [6.07, 6.45) is 26.6. The van der Waals surface area contributed by atoms with Crippen molar-refractivity contribution in [3.63, 3.8) is 0 Å². The number of hydrogen-bond donors (Lipinski definition) is 0. The van der Waals surface area contributed by atoms with Gasteiger partial charge in [-0.2, -0.15) is 0 Å². The minimum atomic E-state index is -0.0804. The fourth-order valence-electron chi connectivity index (χ4n) is 5.38. The molecule has 202 valence electrons. The van der Waals surface area contributed by atoms with Gasteiger partial charge in [-0.3, -0.25) is 4.79 Å². The molecule has 1 heterocycles. The molecule has 1 aliphatic carbocycles. The lowest BCUT2D eigenvalue weighted by Crippen LogP contribution is -2.25. The van der Waals surface area contributed by atoms with Gasteiger partial charge in [-0.15, -0.1) is 6.58 Å². The molecular weight excluding hydrogens is 456 g/mol. The minimum Gasteiger partial charge on any atom is -0.426 e. The second-order valence-corrected chi connectivity index (χ2v) is 10.9. The van der Waals surface area contributed by atoms with Crippen LogP contribution >= 0.6 is 0 Å². The van der Waals surface area contributed by atoms with Crippen molar-refractivity contribution in [1.82, 2.24) is 9.97 Å². The van der Waals surface area contributed by atoms with Gasteiger partial charge in [0, 0.05) is 18.0 Å². The number of unbranched alkanes of at least 4 members (excludes halogenated alkanes) is 9. The standard InChI is InChI=1S/C33H48N2O2/c1-3-5-7-9-10-12-14-16-28-25-34-32(35-26-28)29-21-23-31(24-22-29)37-33(36)30-19-17-27(18-20-30)15-13-11-8-6-4-2/h4,21-27,30H,2-3,5-20H2,1H3. The number of benzene rings is 1. The molecule has 1 saturated carbocycles. The van der Waals surface area contributed by atoms with E-state index in [1.807, 2.05) is 42.7 Å². The average Bonchev–Trinajstić information content (AvgIpc) is 2.93. The first kappa shape index (κ1) is 29.1. The molecule has 0 spiro atoms. The third-order valence-corrected chi connectivity index (χ3v) is 7.81. The Bertz CT molecular complexity index is 899. The molecule has 37 heavy (non-hydrogen) atoms. The Balaban J connectivity index is 1.36. The van der Waals surface area contributed by atoms with Crippen molar-refractivity contribution in [2.75, 3.05) is 0 Å². The van der Waals surface area contributed by atoms with E-state index >= 15 is 0 Å². The summed E-state index contributed by atoms with van der Waals surface area (Å²) < 4.78 is 5.72. The highest BCUT2D eigenvalue weighted by Gasteiger charge is 2.27. The van der Waals surface area contributed by atoms with Crippen molar-refractivity contribution in [2.45, 2.75) is 116 Å². The van der Waals surface area contributed by atoms with Crippen molar-refractivity contribution >= 4 is 5.97 Å². The Labute approximate surface area is 225 Å². The Morgan fingerprint density at radius 1 is 0.892 bits per heavy atom. The van der Waals surface area contributed by atoms with Gasteiger partial charge in [-0.1, -0.05) is 70.8 Å². The van der Waals surface area contributed by atoms with Crippen LogP contribution in [0.3, 0.4) is 0 Å². The Hall–Kier alpha value is -2.49. The summed E-state index contributed by atoms with van der Waals surface area (Å²) in [5.74, 6) is 2.04. The maximum atomic E-state index is 12.7. The van der Waals surface area contributed by atoms with Crippen molar-refractivity contribution in [2.24, 2.45) is 11.8 Å². The van der Waals surface area contributed by atoms with Gasteiger partial charge in [0.1, 0.15) is 5.75 Å². The number of carbonyl (C=O) groups excluding carboxylic acids is 1. The zero-order valence-corrected chi connectivity index (χ0v) is 23.1. The van der Waals surface area contributed by atoms with E-state index in [4.69, 9.17) is 4.74 Å². The molecule has 0 atom stereocenters. The Kier molecular flexibility index (Phi) is 13.4. The Morgan fingerprint density at radius 2 is 1.54 bits per heavy atom. The lowest BCUT2D eigenvalue weighted by atomic mass is 9.80. The highest BCUT2D eigenvalue weighted by atomic mass is 16.5. The Morgan fingerprint density at radius 3 is 2.22 bits per heavy atom. The van der Waals surface area contributed by atoms with Crippen LogP contribution in [0.4, 0.5) is 0 Å². The normalized spacial score (nSPS) is 17.4. The van der Waals surface area contributed by atoms with Gasteiger partial charge in [-0.25, -0.2) is 9.97 Å². The number of nitrogens with zero attached hydrogens (tertiary/aromatic N) is 2. The fourth-order valence-corrected chi connectivity index (χ4v) is 5.38. The summed E-state index contributed by atoms with van der Waals surface area (Å²) in [4.78, 5) is 21.9. The molecule has 1 aliphatic rings. The molecule has 4 heteroatoms. The molecular formula is C33H48N2O2. The van der Waals surface area contributed by atoms with E-state index in [0.717, 1.165) is 50.0 Å². The fraction of sp³-hybridized carbons (Fsp3) is 0.606. The molecule has 0 aliphatic heterocycles. The van der Waals surface area contributed by atoms with Crippen LogP contribution in [0, 0.1) is 11.8 Å². The van der Waals surface area contributed by atoms with Crippen LogP contribution < -0.4 is 4.74 Å². The topological polar surface area (TPSA) is 52.1 Å². The van der Waals surface area contributed by atoms with E-state index in [2.05, 4.69) is 23.5 Å². The van der Waals surface area contributed by atoms with E-state index < -0.39 is 0 Å². The molecule has 0 saturated heterocycles. The smallest absolute Gasteiger partial charge is 0.314 e. The lowest BCUT2D eigenvalue weighted by molar-refractivity contribution is -0.140. The van der Waals surface area contributed by atoms with Crippen LogP contribution in [0.25, 0.3) is 11.4 Å². The van der Waals surface area contributed by atoms with Crippen LogP contribution in [0.2, 0.25) is 0 Å². The number of aryl methyl sites for hydroxylation is 1. The molecule has 2 aromatic rings. The monoisotopic (exact) mass is 504 g/mol. The second-order valence-electron chi connectivity index (χ2n) is 10.9.